The molecule has 1 aromatic rings. The van der Waals surface area contributed by atoms with Crippen LogP contribution >= 0.6 is 23.5 Å². The Kier molecular flexibility index (Phi) is 5.11. The highest BCUT2D eigenvalue weighted by atomic mass is 35.5. The van der Waals surface area contributed by atoms with Crippen molar-refractivity contribution < 1.29 is 13.6 Å². The standard InChI is InChI=1S/C14H17ClF2N2OS/c1-14(3-5-19(21-2)6-4-14)18-13(20)10-7-9(16)8-11(17)12(10)15/h7-8H,3-6H2,1-2H3,(H,18,20). The van der Waals surface area contributed by atoms with Crippen molar-refractivity contribution in [1.29, 1.82) is 0 Å². The Balaban J connectivity index is 2.12. The number of carbonyl (C=O) groups is 1. The van der Waals surface area contributed by atoms with Crippen molar-refractivity contribution in [3.63, 3.8) is 0 Å². The van der Waals surface area contributed by atoms with E-state index in [1.54, 1.807) is 11.9 Å². The summed E-state index contributed by atoms with van der Waals surface area (Å²) in [5.74, 6) is -2.29. The highest BCUT2D eigenvalue weighted by Crippen LogP contribution is 2.27. The Labute approximate surface area is 132 Å². The molecule has 2 rings (SSSR count). The van der Waals surface area contributed by atoms with Gasteiger partial charge in [-0.25, -0.2) is 8.78 Å². The van der Waals surface area contributed by atoms with Crippen LogP contribution in [0.5, 0.6) is 0 Å². The van der Waals surface area contributed by atoms with Crippen molar-refractivity contribution in [1.82, 2.24) is 9.62 Å². The van der Waals surface area contributed by atoms with E-state index in [1.165, 1.54) is 0 Å². The minimum absolute atomic E-state index is 0.164. The van der Waals surface area contributed by atoms with Gasteiger partial charge in [-0.2, -0.15) is 0 Å². The highest BCUT2D eigenvalue weighted by Gasteiger charge is 2.32. The summed E-state index contributed by atoms with van der Waals surface area (Å²) in [6.07, 6.45) is 3.56. The van der Waals surface area contributed by atoms with E-state index in [-0.39, 0.29) is 10.6 Å². The molecule has 1 N–H and O–H groups in total. The molecule has 21 heavy (non-hydrogen) atoms. The predicted molar refractivity (Wildman–Crippen MR) is 81.6 cm³/mol. The fraction of sp³-hybridized carbons (Fsp3) is 0.500. The van der Waals surface area contributed by atoms with Gasteiger partial charge in [-0.1, -0.05) is 23.5 Å². The molecule has 3 nitrogen and oxygen atoms in total. The van der Waals surface area contributed by atoms with Gasteiger partial charge in [0.05, 0.1) is 10.6 Å². The molecular weight excluding hydrogens is 318 g/mol. The summed E-state index contributed by atoms with van der Waals surface area (Å²) < 4.78 is 28.9. The molecule has 1 heterocycles. The maximum atomic E-state index is 13.4. The van der Waals surface area contributed by atoms with E-state index in [9.17, 15) is 13.6 Å². The molecule has 0 saturated carbocycles. The number of benzene rings is 1. The van der Waals surface area contributed by atoms with Gasteiger partial charge in [0.2, 0.25) is 0 Å². The molecular formula is C14H17ClF2N2OS. The third kappa shape index (κ3) is 3.87. The summed E-state index contributed by atoms with van der Waals surface area (Å²) in [4.78, 5) is 12.2. The van der Waals surface area contributed by atoms with Gasteiger partial charge in [0.25, 0.3) is 5.91 Å². The quantitative estimate of drug-likeness (QED) is 0.678. The molecule has 0 spiro atoms. The summed E-state index contributed by atoms with van der Waals surface area (Å²) in [5.41, 5.74) is -0.558. The molecule has 116 valence electrons. The number of halogens is 3. The first-order valence-electron chi connectivity index (χ1n) is 6.61. The Bertz CT molecular complexity index is 548. The van der Waals surface area contributed by atoms with Crippen LogP contribution in [0.4, 0.5) is 8.78 Å². The van der Waals surface area contributed by atoms with E-state index in [1.807, 2.05) is 13.2 Å². The van der Waals surface area contributed by atoms with Crippen LogP contribution in [0.15, 0.2) is 12.1 Å². The Hall–Kier alpha value is -0.850. The number of piperidine rings is 1. The molecule has 1 saturated heterocycles. The van der Waals surface area contributed by atoms with E-state index in [0.29, 0.717) is 6.07 Å². The van der Waals surface area contributed by atoms with Gasteiger partial charge in [-0.05, 0) is 32.1 Å². The van der Waals surface area contributed by atoms with E-state index >= 15 is 0 Å². The molecule has 1 amide bonds. The fourth-order valence-corrected chi connectivity index (χ4v) is 3.09. The molecule has 1 aliphatic heterocycles. The average molecular weight is 335 g/mol. The van der Waals surface area contributed by atoms with Crippen molar-refractivity contribution in [3.05, 3.63) is 34.4 Å². The van der Waals surface area contributed by atoms with Crippen molar-refractivity contribution in [2.24, 2.45) is 0 Å². The van der Waals surface area contributed by atoms with E-state index < -0.39 is 23.1 Å². The van der Waals surface area contributed by atoms with Crippen molar-refractivity contribution in [2.75, 3.05) is 19.3 Å². The Morgan fingerprint density at radius 1 is 1.38 bits per heavy atom. The van der Waals surface area contributed by atoms with Crippen LogP contribution in [0.25, 0.3) is 0 Å². The van der Waals surface area contributed by atoms with Crippen molar-refractivity contribution in [2.45, 2.75) is 25.3 Å². The summed E-state index contributed by atoms with van der Waals surface area (Å²) >= 11 is 7.42. The molecule has 0 bridgehead atoms. The molecule has 0 unspecified atom stereocenters. The van der Waals surface area contributed by atoms with Crippen LogP contribution in [0.1, 0.15) is 30.1 Å². The van der Waals surface area contributed by atoms with E-state index in [0.717, 1.165) is 32.0 Å². The van der Waals surface area contributed by atoms with Crippen molar-refractivity contribution in [3.8, 4) is 0 Å². The van der Waals surface area contributed by atoms with Gasteiger partial charge in [-0.3, -0.25) is 9.10 Å². The Morgan fingerprint density at radius 3 is 2.57 bits per heavy atom. The minimum atomic E-state index is -0.927. The second-order valence-electron chi connectivity index (χ2n) is 5.38. The summed E-state index contributed by atoms with van der Waals surface area (Å²) in [6, 6.07) is 1.62. The van der Waals surface area contributed by atoms with Crippen molar-refractivity contribution >= 4 is 29.5 Å². The van der Waals surface area contributed by atoms with Crippen LogP contribution in [-0.2, 0) is 0 Å². The van der Waals surface area contributed by atoms with Crippen LogP contribution in [0, 0.1) is 11.6 Å². The van der Waals surface area contributed by atoms with Crippen LogP contribution < -0.4 is 5.32 Å². The van der Waals surface area contributed by atoms with Gasteiger partial charge in [0.15, 0.2) is 0 Å². The molecule has 1 fully saturated rings. The SMILES string of the molecule is CSN1CCC(C)(NC(=O)c2cc(F)cc(F)c2Cl)CC1. The first-order chi connectivity index (χ1) is 9.84. The minimum Gasteiger partial charge on any atom is -0.347 e. The predicted octanol–water partition coefficient (Wildman–Crippen LogP) is 3.48. The number of hydrogen-bond donors (Lipinski definition) is 1. The van der Waals surface area contributed by atoms with Gasteiger partial charge < -0.3 is 5.32 Å². The number of nitrogens with zero attached hydrogens (tertiary/aromatic N) is 1. The molecule has 1 aliphatic rings. The normalized spacial score (nSPS) is 18.5. The van der Waals surface area contributed by atoms with E-state index in [4.69, 9.17) is 11.6 Å². The van der Waals surface area contributed by atoms with E-state index in [2.05, 4.69) is 9.62 Å². The third-order valence-corrected chi connectivity index (χ3v) is 5.00. The number of hydrogen-bond acceptors (Lipinski definition) is 3. The monoisotopic (exact) mass is 334 g/mol. The summed E-state index contributed by atoms with van der Waals surface area (Å²) in [6.45, 7) is 3.64. The first-order valence-corrected chi connectivity index (χ1v) is 8.17. The molecule has 0 aliphatic carbocycles. The van der Waals surface area contributed by atoms with Gasteiger partial charge in [-0.15, -0.1) is 0 Å². The number of carbonyl (C=O) groups excluding carboxylic acids is 1. The van der Waals surface area contributed by atoms with Gasteiger partial charge in [0.1, 0.15) is 11.6 Å². The zero-order valence-corrected chi connectivity index (χ0v) is 13.5. The number of amides is 1. The second-order valence-corrected chi connectivity index (χ2v) is 6.64. The zero-order valence-electron chi connectivity index (χ0n) is 11.9. The van der Waals surface area contributed by atoms with Crippen LogP contribution in [-0.4, -0.2) is 35.1 Å². The summed E-state index contributed by atoms with van der Waals surface area (Å²) in [7, 11) is 0. The second kappa shape index (κ2) is 6.50. The molecule has 0 atom stereocenters. The molecule has 7 heteroatoms. The lowest BCUT2D eigenvalue weighted by atomic mass is 9.90. The largest absolute Gasteiger partial charge is 0.347 e. The number of rotatable bonds is 3. The fourth-order valence-electron chi connectivity index (χ4n) is 2.35. The maximum Gasteiger partial charge on any atom is 0.253 e. The zero-order chi connectivity index (χ0) is 15.6. The smallest absolute Gasteiger partial charge is 0.253 e. The molecule has 1 aromatic carbocycles. The van der Waals surface area contributed by atoms with Crippen LogP contribution in [0.3, 0.4) is 0 Å². The third-order valence-electron chi connectivity index (χ3n) is 3.74. The van der Waals surface area contributed by atoms with Crippen LogP contribution in [0.2, 0.25) is 5.02 Å². The lowest BCUT2D eigenvalue weighted by Gasteiger charge is -2.39. The van der Waals surface area contributed by atoms with Gasteiger partial charge in [0, 0.05) is 24.7 Å². The molecule has 0 radical (unpaired) electrons. The lowest BCUT2D eigenvalue weighted by Crippen LogP contribution is -2.52. The first kappa shape index (κ1) is 16.5. The lowest BCUT2D eigenvalue weighted by molar-refractivity contribution is 0.0873. The highest BCUT2D eigenvalue weighted by molar-refractivity contribution is 7.96. The van der Waals surface area contributed by atoms with Gasteiger partial charge >= 0.3 is 0 Å². The molecule has 0 aromatic heterocycles. The number of nitrogens with one attached hydrogen (secondary N) is 1. The topological polar surface area (TPSA) is 32.3 Å². The average Bonchev–Trinajstić information content (AvgIpc) is 2.43. The maximum absolute atomic E-state index is 13.4. The summed E-state index contributed by atoms with van der Waals surface area (Å²) in [5, 5.41) is 2.51. The Morgan fingerprint density at radius 2 is 2.00 bits per heavy atom.